The van der Waals surface area contributed by atoms with Gasteiger partial charge in [-0.15, -0.1) is 0 Å². The second kappa shape index (κ2) is 7.58. The van der Waals surface area contributed by atoms with Gasteiger partial charge in [0.1, 0.15) is 5.84 Å². The lowest BCUT2D eigenvalue weighted by Crippen LogP contribution is -2.21. The largest absolute Gasteiger partial charge is 0.465 e. The van der Waals surface area contributed by atoms with E-state index >= 15 is 0 Å². The van der Waals surface area contributed by atoms with Crippen LogP contribution in [0, 0.1) is 5.41 Å². The van der Waals surface area contributed by atoms with Crippen molar-refractivity contribution in [2.75, 3.05) is 7.11 Å². The zero-order valence-corrected chi connectivity index (χ0v) is 12.2. The fraction of sp³-hybridized carbons (Fsp3) is 0.0625. The van der Waals surface area contributed by atoms with Crippen LogP contribution in [0.5, 0.6) is 0 Å². The quantitative estimate of drug-likeness (QED) is 0.177. The summed E-state index contributed by atoms with van der Waals surface area (Å²) in [5, 5.41) is 10.2. The number of methoxy groups -OCH3 is 1. The second-order valence-electron chi connectivity index (χ2n) is 4.24. The summed E-state index contributed by atoms with van der Waals surface area (Å²) in [4.78, 5) is 22.5. The van der Waals surface area contributed by atoms with E-state index in [-0.39, 0.29) is 17.1 Å². The predicted molar refractivity (Wildman–Crippen MR) is 85.2 cm³/mol. The molecule has 0 aromatic heterocycles. The number of esters is 1. The van der Waals surface area contributed by atoms with E-state index in [1.54, 1.807) is 24.3 Å². The number of benzene rings is 1. The Balaban J connectivity index is 3.01. The summed E-state index contributed by atoms with van der Waals surface area (Å²) in [5.41, 5.74) is 7.14. The first-order valence-electron chi connectivity index (χ1n) is 6.25. The molecular formula is C16H17N3O3. The number of aldehydes is 1. The number of rotatable bonds is 7. The molecule has 0 atom stereocenters. The van der Waals surface area contributed by atoms with Crippen LogP contribution >= 0.6 is 0 Å². The highest BCUT2D eigenvalue weighted by Crippen LogP contribution is 2.14. The zero-order valence-electron chi connectivity index (χ0n) is 12.2. The highest BCUT2D eigenvalue weighted by atomic mass is 16.5. The molecule has 6 nitrogen and oxygen atoms in total. The lowest BCUT2D eigenvalue weighted by atomic mass is 10.1. The molecule has 22 heavy (non-hydrogen) atoms. The molecule has 0 heterocycles. The Morgan fingerprint density at radius 3 is 2.27 bits per heavy atom. The molecule has 0 unspecified atom stereocenters. The zero-order chi connectivity index (χ0) is 16.7. The first-order valence-corrected chi connectivity index (χ1v) is 6.25. The molecule has 1 aromatic carbocycles. The minimum Gasteiger partial charge on any atom is -0.465 e. The van der Waals surface area contributed by atoms with Crippen molar-refractivity contribution < 1.29 is 14.3 Å². The molecule has 0 aliphatic heterocycles. The number of hydrogen-bond acceptors (Lipinski definition) is 5. The smallest absolute Gasteiger partial charge is 0.337 e. The lowest BCUT2D eigenvalue weighted by Gasteiger charge is -2.12. The van der Waals surface area contributed by atoms with Gasteiger partial charge in [-0.25, -0.2) is 4.79 Å². The number of nitrogens with one attached hydrogen (secondary N) is 2. The van der Waals surface area contributed by atoms with Gasteiger partial charge >= 0.3 is 5.97 Å². The van der Waals surface area contributed by atoms with Gasteiger partial charge in [0.2, 0.25) is 0 Å². The highest BCUT2D eigenvalue weighted by Gasteiger charge is 2.09. The molecule has 0 aliphatic carbocycles. The Labute approximate surface area is 128 Å². The van der Waals surface area contributed by atoms with Gasteiger partial charge in [-0.05, 0) is 17.7 Å². The highest BCUT2D eigenvalue weighted by molar-refractivity contribution is 6.02. The van der Waals surface area contributed by atoms with Crippen molar-refractivity contribution in [1.82, 2.24) is 5.32 Å². The van der Waals surface area contributed by atoms with E-state index in [1.165, 1.54) is 13.2 Å². The van der Waals surface area contributed by atoms with Crippen molar-refractivity contribution in [2.45, 2.75) is 0 Å². The number of allylic oxidation sites excluding steroid dienone is 1. The van der Waals surface area contributed by atoms with E-state index in [2.05, 4.69) is 23.2 Å². The summed E-state index contributed by atoms with van der Waals surface area (Å²) in [6.45, 7) is 7.33. The van der Waals surface area contributed by atoms with Gasteiger partial charge in [0.05, 0.1) is 18.4 Å². The summed E-state index contributed by atoms with van der Waals surface area (Å²) < 4.78 is 4.61. The molecule has 0 fully saturated rings. The van der Waals surface area contributed by atoms with E-state index < -0.39 is 5.97 Å². The van der Waals surface area contributed by atoms with Crippen molar-refractivity contribution in [3.8, 4) is 0 Å². The van der Waals surface area contributed by atoms with Crippen LogP contribution in [0.4, 0.5) is 0 Å². The first-order chi connectivity index (χ1) is 10.4. The van der Waals surface area contributed by atoms with Crippen LogP contribution in [0.15, 0.2) is 54.8 Å². The molecule has 6 heteroatoms. The molecule has 0 saturated heterocycles. The minimum atomic E-state index is -0.441. The predicted octanol–water partition coefficient (Wildman–Crippen LogP) is 1.61. The number of amidine groups is 1. The topological polar surface area (TPSA) is 105 Å². The van der Waals surface area contributed by atoms with Crippen LogP contribution in [0.2, 0.25) is 0 Å². The molecule has 114 valence electrons. The maximum absolute atomic E-state index is 11.4. The first kappa shape index (κ1) is 16.9. The third-order valence-electron chi connectivity index (χ3n) is 2.84. The van der Waals surface area contributed by atoms with Crippen molar-refractivity contribution >= 4 is 23.8 Å². The van der Waals surface area contributed by atoms with Gasteiger partial charge < -0.3 is 15.8 Å². The molecule has 0 amide bonds. The van der Waals surface area contributed by atoms with E-state index in [9.17, 15) is 9.59 Å². The molecule has 0 aliphatic rings. The van der Waals surface area contributed by atoms with Crippen molar-refractivity contribution in [3.63, 3.8) is 0 Å². The molecule has 4 N–H and O–H groups in total. The molecule has 0 bridgehead atoms. The molecule has 0 spiro atoms. The SMILES string of the molecule is C=CC(C(=N)N)=C(C=O)NC(=C)c1ccc(C(=O)OC)cc1. The maximum atomic E-state index is 11.4. The average Bonchev–Trinajstić information content (AvgIpc) is 2.53. The normalized spacial score (nSPS) is 11.0. The minimum absolute atomic E-state index is 0.0875. The number of carbonyl (C=O) groups is 2. The van der Waals surface area contributed by atoms with Crippen LogP contribution in [0.25, 0.3) is 5.70 Å². The van der Waals surface area contributed by atoms with E-state index in [0.717, 1.165) is 0 Å². The lowest BCUT2D eigenvalue weighted by molar-refractivity contribution is -0.105. The van der Waals surface area contributed by atoms with Crippen molar-refractivity contribution in [1.29, 1.82) is 5.41 Å². The Bertz CT molecular complexity index is 658. The summed E-state index contributed by atoms with van der Waals surface area (Å²) in [6.07, 6.45) is 1.85. The fourth-order valence-electron chi connectivity index (χ4n) is 1.69. The Kier molecular flexibility index (Phi) is 5.83. The van der Waals surface area contributed by atoms with E-state index in [4.69, 9.17) is 11.1 Å². The van der Waals surface area contributed by atoms with Gasteiger partial charge in [-0.1, -0.05) is 31.4 Å². The molecular weight excluding hydrogens is 282 g/mol. The molecule has 1 rings (SSSR count). The Hall–Kier alpha value is -3.15. The molecule has 1 aromatic rings. The van der Waals surface area contributed by atoms with Gasteiger partial charge in [0.25, 0.3) is 0 Å². The van der Waals surface area contributed by atoms with Gasteiger partial charge in [-0.3, -0.25) is 10.2 Å². The van der Waals surface area contributed by atoms with Crippen LogP contribution in [-0.2, 0) is 9.53 Å². The average molecular weight is 299 g/mol. The Morgan fingerprint density at radius 2 is 1.86 bits per heavy atom. The number of ether oxygens (including phenoxy) is 1. The summed E-state index contributed by atoms with van der Waals surface area (Å²) in [5.74, 6) is -0.720. The van der Waals surface area contributed by atoms with E-state index in [0.29, 0.717) is 23.1 Å². The molecule has 0 radical (unpaired) electrons. The van der Waals surface area contributed by atoms with Crippen LogP contribution in [-0.4, -0.2) is 25.2 Å². The second-order valence-corrected chi connectivity index (χ2v) is 4.24. The van der Waals surface area contributed by atoms with Crippen LogP contribution in [0.1, 0.15) is 15.9 Å². The fourth-order valence-corrected chi connectivity index (χ4v) is 1.69. The van der Waals surface area contributed by atoms with Crippen molar-refractivity contribution in [3.05, 3.63) is 65.9 Å². The van der Waals surface area contributed by atoms with E-state index in [1.807, 2.05) is 0 Å². The van der Waals surface area contributed by atoms with Crippen molar-refractivity contribution in [2.24, 2.45) is 5.73 Å². The number of carbonyl (C=O) groups excluding carboxylic acids is 2. The maximum Gasteiger partial charge on any atom is 0.337 e. The Morgan fingerprint density at radius 1 is 1.32 bits per heavy atom. The summed E-state index contributed by atoms with van der Waals surface area (Å²) in [7, 11) is 1.30. The summed E-state index contributed by atoms with van der Waals surface area (Å²) in [6, 6.07) is 6.48. The standard InChI is InChI=1S/C16H17N3O3/c1-4-13(15(17)18)14(9-20)19-10(2)11-5-7-12(8-6-11)16(21)22-3/h4-9,19H,1-2H2,3H3,(H3,17,18). The van der Waals surface area contributed by atoms with Gasteiger partial charge in [-0.2, -0.15) is 0 Å². The van der Waals surface area contributed by atoms with Gasteiger partial charge in [0, 0.05) is 11.3 Å². The third kappa shape index (κ3) is 3.92. The monoisotopic (exact) mass is 299 g/mol. The van der Waals surface area contributed by atoms with Crippen LogP contribution < -0.4 is 11.1 Å². The van der Waals surface area contributed by atoms with Crippen LogP contribution in [0.3, 0.4) is 0 Å². The molecule has 0 saturated carbocycles. The number of nitrogens with two attached hydrogens (primary N) is 1. The number of hydrogen-bond donors (Lipinski definition) is 3. The van der Waals surface area contributed by atoms with Gasteiger partial charge in [0.15, 0.2) is 6.29 Å². The summed E-state index contributed by atoms with van der Waals surface area (Å²) >= 11 is 0. The third-order valence-corrected chi connectivity index (χ3v) is 2.84.